The predicted molar refractivity (Wildman–Crippen MR) is 181 cm³/mol. The SMILES string of the molecule is CCCn1c(=O)c2c(nc(-c3cnn(CCC4CC(=O)N(c5cccc(C(F)(F)F)c5)C4)c3)n2COCC[Si](C)(C)C)n(CCC)c1=O. The number of benzene rings is 1. The molecule has 0 saturated carbocycles. The molecular formula is C33H44F3N7O4Si. The molecule has 0 bridgehead atoms. The molecule has 1 unspecified atom stereocenters. The van der Waals surface area contributed by atoms with Gasteiger partial charge >= 0.3 is 11.9 Å². The van der Waals surface area contributed by atoms with Crippen molar-refractivity contribution in [1.82, 2.24) is 28.5 Å². The molecule has 1 aliphatic rings. The second-order valence-electron chi connectivity index (χ2n) is 13.7. The number of carbonyl (C=O) groups excluding carboxylic acids is 1. The number of anilines is 1. The number of carbonyl (C=O) groups is 1. The number of halogens is 3. The van der Waals surface area contributed by atoms with Crippen molar-refractivity contribution in [2.24, 2.45) is 5.92 Å². The lowest BCUT2D eigenvalue weighted by molar-refractivity contribution is -0.137. The van der Waals surface area contributed by atoms with E-state index in [-0.39, 0.29) is 36.4 Å². The Morgan fingerprint density at radius 3 is 2.42 bits per heavy atom. The smallest absolute Gasteiger partial charge is 0.361 e. The van der Waals surface area contributed by atoms with Gasteiger partial charge in [0.15, 0.2) is 11.2 Å². The van der Waals surface area contributed by atoms with Crippen LogP contribution in [0.1, 0.15) is 45.1 Å². The number of rotatable bonds is 14. The van der Waals surface area contributed by atoms with Crippen LogP contribution in [0.4, 0.5) is 18.9 Å². The standard InChI is InChI=1S/C33H44F3N7O4Si/c1-6-12-40-30-28(31(45)41(13-7-2)32(40)46)43(22-47-15-16-48(3,4)5)29(38-30)24-19-37-39(21-24)14-11-23-17-27(44)42(20-23)26-10-8-9-25(18-26)33(34,35)36/h8-10,18-19,21,23H,6-7,11-17,20,22H2,1-5H3. The molecule has 0 radical (unpaired) electrons. The maximum absolute atomic E-state index is 13.8. The third-order valence-electron chi connectivity index (χ3n) is 8.57. The summed E-state index contributed by atoms with van der Waals surface area (Å²) in [7, 11) is -1.37. The number of fused-ring (bicyclic) bond motifs is 1. The van der Waals surface area contributed by atoms with Gasteiger partial charge in [-0.05, 0) is 49.4 Å². The van der Waals surface area contributed by atoms with E-state index in [4.69, 9.17) is 9.72 Å². The molecule has 5 rings (SSSR count). The van der Waals surface area contributed by atoms with E-state index in [0.717, 1.165) is 18.2 Å². The summed E-state index contributed by atoms with van der Waals surface area (Å²) < 4.78 is 52.2. The van der Waals surface area contributed by atoms with Crippen LogP contribution in [0.15, 0.2) is 46.2 Å². The zero-order valence-electron chi connectivity index (χ0n) is 28.2. The van der Waals surface area contributed by atoms with Crippen LogP contribution in [0.5, 0.6) is 0 Å². The number of amides is 1. The zero-order valence-corrected chi connectivity index (χ0v) is 29.2. The zero-order chi connectivity index (χ0) is 34.8. The summed E-state index contributed by atoms with van der Waals surface area (Å²) in [6.45, 7) is 12.8. The second kappa shape index (κ2) is 14.2. The molecule has 1 atom stereocenters. The minimum atomic E-state index is -4.49. The average molecular weight is 688 g/mol. The Morgan fingerprint density at radius 2 is 1.73 bits per heavy atom. The molecule has 1 amide bonds. The topological polar surface area (TPSA) is 109 Å². The van der Waals surface area contributed by atoms with Gasteiger partial charge in [-0.2, -0.15) is 18.3 Å². The van der Waals surface area contributed by atoms with Crippen molar-refractivity contribution in [2.45, 2.75) is 97.8 Å². The molecule has 260 valence electrons. The summed E-state index contributed by atoms with van der Waals surface area (Å²) in [5.74, 6) is 0.186. The number of imidazole rings is 1. The van der Waals surface area contributed by atoms with Crippen molar-refractivity contribution in [1.29, 1.82) is 0 Å². The number of hydrogen-bond acceptors (Lipinski definition) is 6. The minimum Gasteiger partial charge on any atom is -0.361 e. The molecule has 48 heavy (non-hydrogen) atoms. The van der Waals surface area contributed by atoms with Crippen LogP contribution < -0.4 is 16.1 Å². The summed E-state index contributed by atoms with van der Waals surface area (Å²) in [6, 6.07) is 5.79. The van der Waals surface area contributed by atoms with Crippen molar-refractivity contribution in [3.8, 4) is 11.4 Å². The van der Waals surface area contributed by atoms with Gasteiger partial charge in [-0.25, -0.2) is 9.78 Å². The summed E-state index contributed by atoms with van der Waals surface area (Å²) in [6.07, 6.45) is 1.09. The largest absolute Gasteiger partial charge is 0.416 e. The maximum atomic E-state index is 13.8. The third kappa shape index (κ3) is 7.67. The highest BCUT2D eigenvalue weighted by Gasteiger charge is 2.34. The number of nitrogens with zero attached hydrogens (tertiary/aromatic N) is 7. The highest BCUT2D eigenvalue weighted by atomic mass is 28.3. The monoisotopic (exact) mass is 687 g/mol. The van der Waals surface area contributed by atoms with Crippen molar-refractivity contribution in [3.05, 3.63) is 63.1 Å². The van der Waals surface area contributed by atoms with E-state index in [1.807, 2.05) is 20.0 Å². The van der Waals surface area contributed by atoms with Crippen molar-refractivity contribution < 1.29 is 22.7 Å². The fourth-order valence-electron chi connectivity index (χ4n) is 6.01. The van der Waals surface area contributed by atoms with Crippen molar-refractivity contribution in [2.75, 3.05) is 18.1 Å². The molecule has 4 heterocycles. The van der Waals surface area contributed by atoms with E-state index < -0.39 is 25.4 Å². The first-order chi connectivity index (χ1) is 22.7. The lowest BCUT2D eigenvalue weighted by atomic mass is 10.1. The van der Waals surface area contributed by atoms with E-state index in [9.17, 15) is 27.6 Å². The molecule has 0 spiro atoms. The van der Waals surface area contributed by atoms with Gasteiger partial charge in [-0.1, -0.05) is 39.6 Å². The number of hydrogen-bond donors (Lipinski definition) is 0. The van der Waals surface area contributed by atoms with E-state index in [1.54, 1.807) is 20.0 Å². The van der Waals surface area contributed by atoms with Crippen LogP contribution in [-0.4, -0.2) is 55.6 Å². The highest BCUT2D eigenvalue weighted by Crippen LogP contribution is 2.34. The molecule has 0 aliphatic carbocycles. The van der Waals surface area contributed by atoms with Gasteiger partial charge < -0.3 is 9.64 Å². The molecule has 4 aromatic rings. The molecule has 1 aliphatic heterocycles. The first-order valence-corrected chi connectivity index (χ1v) is 20.2. The maximum Gasteiger partial charge on any atom is 0.416 e. The summed E-state index contributed by atoms with van der Waals surface area (Å²) in [5, 5.41) is 4.53. The Morgan fingerprint density at radius 1 is 1.00 bits per heavy atom. The number of ether oxygens (including phenoxy) is 1. The van der Waals surface area contributed by atoms with Crippen LogP contribution in [-0.2, 0) is 42.1 Å². The Bertz CT molecular complexity index is 1890. The van der Waals surface area contributed by atoms with Gasteiger partial charge in [0.05, 0.1) is 17.3 Å². The number of aryl methyl sites for hydroxylation is 2. The lowest BCUT2D eigenvalue weighted by Gasteiger charge is -2.18. The van der Waals surface area contributed by atoms with Gasteiger partial charge in [0.2, 0.25) is 5.91 Å². The fourth-order valence-corrected chi connectivity index (χ4v) is 6.76. The van der Waals surface area contributed by atoms with Crippen LogP contribution in [0.25, 0.3) is 22.6 Å². The van der Waals surface area contributed by atoms with Gasteiger partial charge in [-0.3, -0.25) is 28.0 Å². The number of alkyl halides is 3. The highest BCUT2D eigenvalue weighted by molar-refractivity contribution is 6.76. The Balaban J connectivity index is 1.40. The molecule has 3 aromatic heterocycles. The second-order valence-corrected chi connectivity index (χ2v) is 19.3. The van der Waals surface area contributed by atoms with Crippen molar-refractivity contribution in [3.63, 3.8) is 0 Å². The van der Waals surface area contributed by atoms with Gasteiger partial charge in [-0.15, -0.1) is 0 Å². The molecule has 0 N–H and O–H groups in total. The normalized spacial score (nSPS) is 15.7. The summed E-state index contributed by atoms with van der Waals surface area (Å²) in [5.41, 5.74) is -0.0623. The summed E-state index contributed by atoms with van der Waals surface area (Å²) >= 11 is 0. The van der Waals surface area contributed by atoms with Crippen LogP contribution >= 0.6 is 0 Å². The Hall–Kier alpha value is -3.98. The van der Waals surface area contributed by atoms with E-state index in [0.29, 0.717) is 74.6 Å². The van der Waals surface area contributed by atoms with Crippen molar-refractivity contribution >= 4 is 30.8 Å². The molecule has 15 heteroatoms. The molecule has 1 fully saturated rings. The van der Waals surface area contributed by atoms with E-state index in [2.05, 4.69) is 24.7 Å². The first kappa shape index (κ1) is 35.3. The van der Waals surface area contributed by atoms with Crippen LogP contribution in [0.3, 0.4) is 0 Å². The van der Waals surface area contributed by atoms with Gasteiger partial charge in [0.25, 0.3) is 5.56 Å². The molecule has 1 saturated heterocycles. The summed E-state index contributed by atoms with van der Waals surface area (Å²) in [4.78, 5) is 46.2. The van der Waals surface area contributed by atoms with Crippen LogP contribution in [0, 0.1) is 5.92 Å². The Kier molecular flexibility index (Phi) is 10.5. The third-order valence-corrected chi connectivity index (χ3v) is 10.3. The molecule has 11 nitrogen and oxygen atoms in total. The van der Waals surface area contributed by atoms with Gasteiger partial charge in [0.1, 0.15) is 12.6 Å². The average Bonchev–Trinajstić information content (AvgIpc) is 3.74. The minimum absolute atomic E-state index is 0.0652. The number of aromatic nitrogens is 6. The lowest BCUT2D eigenvalue weighted by Crippen LogP contribution is -2.40. The van der Waals surface area contributed by atoms with Crippen LogP contribution in [0.2, 0.25) is 25.7 Å². The Labute approximate surface area is 277 Å². The van der Waals surface area contributed by atoms with E-state index >= 15 is 0 Å². The van der Waals surface area contributed by atoms with E-state index in [1.165, 1.54) is 21.6 Å². The molecular weight excluding hydrogens is 643 g/mol. The molecule has 1 aromatic carbocycles. The first-order valence-electron chi connectivity index (χ1n) is 16.5. The predicted octanol–water partition coefficient (Wildman–Crippen LogP) is 5.82. The van der Waals surface area contributed by atoms with Gasteiger partial charge in [0, 0.05) is 59.2 Å². The quantitative estimate of drug-likeness (QED) is 0.122. The fraction of sp³-hybridized carbons (Fsp3) is 0.545.